The molecule has 1 saturated carbocycles. The van der Waals surface area contributed by atoms with Crippen LogP contribution in [-0.2, 0) is 4.74 Å². The first-order valence-corrected chi connectivity index (χ1v) is 9.18. The number of nitrogens with zero attached hydrogens (tertiary/aromatic N) is 1. The Hall–Kier alpha value is -1.02. The molecule has 0 bridgehead atoms. The van der Waals surface area contributed by atoms with Gasteiger partial charge in [-0.25, -0.2) is 0 Å². The van der Waals surface area contributed by atoms with E-state index in [0.29, 0.717) is 32.0 Å². The highest BCUT2D eigenvalue weighted by Crippen LogP contribution is 2.39. The van der Waals surface area contributed by atoms with Gasteiger partial charge in [0.15, 0.2) is 5.96 Å². The van der Waals surface area contributed by atoms with Gasteiger partial charge in [-0.1, -0.05) is 19.3 Å². The van der Waals surface area contributed by atoms with Crippen LogP contribution in [0.1, 0.15) is 51.9 Å². The Balaban J connectivity index is 2.39. The Morgan fingerprint density at radius 2 is 1.92 bits per heavy atom. The summed E-state index contributed by atoms with van der Waals surface area (Å²) in [6.45, 7) is 2.86. The lowest BCUT2D eigenvalue weighted by molar-refractivity contribution is -0.173. The number of aliphatic imine (C=N–C) groups is 1. The molecule has 0 radical (unpaired) electrons. The molecule has 0 aliphatic heterocycles. The summed E-state index contributed by atoms with van der Waals surface area (Å²) in [5.74, 6) is 0.668. The molecule has 25 heavy (non-hydrogen) atoms. The number of aliphatic hydroxyl groups is 1. The molecule has 1 aliphatic rings. The van der Waals surface area contributed by atoms with Crippen molar-refractivity contribution in [2.45, 2.75) is 58.0 Å². The number of nitrogens with one attached hydrogen (secondary N) is 2. The molecule has 0 heterocycles. The number of ether oxygens (including phenoxy) is 1. The van der Waals surface area contributed by atoms with Gasteiger partial charge in [0.1, 0.15) is 6.61 Å². The van der Waals surface area contributed by atoms with Crippen LogP contribution >= 0.6 is 0 Å². The van der Waals surface area contributed by atoms with Crippen molar-refractivity contribution in [3.8, 4) is 0 Å². The van der Waals surface area contributed by atoms with Crippen molar-refractivity contribution in [1.82, 2.24) is 10.6 Å². The number of hydrogen-bond donors (Lipinski definition) is 3. The van der Waals surface area contributed by atoms with Crippen LogP contribution < -0.4 is 10.6 Å². The van der Waals surface area contributed by atoms with Crippen molar-refractivity contribution in [3.63, 3.8) is 0 Å². The van der Waals surface area contributed by atoms with E-state index in [1.807, 2.05) is 6.92 Å². The quantitative estimate of drug-likeness (QED) is 0.316. The fourth-order valence-electron chi connectivity index (χ4n) is 3.18. The minimum atomic E-state index is -4.27. The van der Waals surface area contributed by atoms with Crippen LogP contribution in [0.5, 0.6) is 0 Å². The molecule has 0 aromatic rings. The van der Waals surface area contributed by atoms with Crippen molar-refractivity contribution in [1.29, 1.82) is 0 Å². The Kier molecular flexibility index (Phi) is 10.2. The maximum atomic E-state index is 12.0. The lowest BCUT2D eigenvalue weighted by Crippen LogP contribution is -2.39. The topological polar surface area (TPSA) is 65.9 Å². The Morgan fingerprint density at radius 1 is 1.20 bits per heavy atom. The van der Waals surface area contributed by atoms with Crippen LogP contribution in [0, 0.1) is 5.41 Å². The molecule has 3 N–H and O–H groups in total. The van der Waals surface area contributed by atoms with E-state index in [-0.39, 0.29) is 18.6 Å². The Labute approximate surface area is 148 Å². The molecule has 1 rings (SSSR count). The molecule has 1 aliphatic carbocycles. The highest BCUT2D eigenvalue weighted by atomic mass is 19.4. The Morgan fingerprint density at radius 3 is 2.52 bits per heavy atom. The molecule has 0 aromatic heterocycles. The predicted octanol–water partition coefficient (Wildman–Crippen LogP) is 2.84. The third kappa shape index (κ3) is 9.89. The second kappa shape index (κ2) is 11.6. The van der Waals surface area contributed by atoms with Gasteiger partial charge in [-0.2, -0.15) is 13.2 Å². The first-order chi connectivity index (χ1) is 11.9. The van der Waals surface area contributed by atoms with Gasteiger partial charge in [0.05, 0.1) is 0 Å². The van der Waals surface area contributed by atoms with Crippen LogP contribution in [0.4, 0.5) is 13.2 Å². The normalized spacial score (nSPS) is 18.2. The van der Waals surface area contributed by atoms with Crippen LogP contribution in [0.3, 0.4) is 0 Å². The zero-order valence-corrected chi connectivity index (χ0v) is 15.1. The van der Waals surface area contributed by atoms with Crippen LogP contribution in [0.25, 0.3) is 0 Å². The summed E-state index contributed by atoms with van der Waals surface area (Å²) >= 11 is 0. The van der Waals surface area contributed by atoms with Crippen LogP contribution in [-0.4, -0.2) is 56.7 Å². The van der Waals surface area contributed by atoms with Gasteiger partial charge < -0.3 is 20.5 Å². The third-order valence-corrected chi connectivity index (χ3v) is 4.50. The summed E-state index contributed by atoms with van der Waals surface area (Å²) in [5.41, 5.74) is 0.0746. The average Bonchev–Trinajstić information content (AvgIpc) is 2.56. The lowest BCUT2D eigenvalue weighted by Gasteiger charge is -2.35. The summed E-state index contributed by atoms with van der Waals surface area (Å²) in [6.07, 6.45) is 2.73. The molecule has 0 unspecified atom stereocenters. The zero-order chi connectivity index (χ0) is 18.6. The van der Waals surface area contributed by atoms with Crippen molar-refractivity contribution in [2.75, 3.05) is 39.5 Å². The number of guanidine groups is 1. The second-order valence-corrected chi connectivity index (χ2v) is 6.68. The number of hydrogen-bond acceptors (Lipinski definition) is 3. The first-order valence-electron chi connectivity index (χ1n) is 9.18. The largest absolute Gasteiger partial charge is 0.411 e. The van der Waals surface area contributed by atoms with Gasteiger partial charge in [-0.05, 0) is 38.0 Å². The molecule has 0 aromatic carbocycles. The summed E-state index contributed by atoms with van der Waals surface area (Å²) in [4.78, 5) is 4.65. The Bertz CT molecular complexity index is 378. The van der Waals surface area contributed by atoms with Gasteiger partial charge in [0.2, 0.25) is 0 Å². The minimum absolute atomic E-state index is 0.0559. The summed E-state index contributed by atoms with van der Waals surface area (Å²) in [7, 11) is 0. The minimum Gasteiger partial charge on any atom is -0.396 e. The first kappa shape index (κ1) is 22.0. The predicted molar refractivity (Wildman–Crippen MR) is 92.7 cm³/mol. The molecular weight excluding hydrogens is 335 g/mol. The molecule has 1 fully saturated rings. The fraction of sp³-hybridized carbons (Fsp3) is 0.941. The molecule has 0 spiro atoms. The zero-order valence-electron chi connectivity index (χ0n) is 15.1. The molecule has 0 atom stereocenters. The maximum Gasteiger partial charge on any atom is 0.411 e. The van der Waals surface area contributed by atoms with Crippen molar-refractivity contribution >= 4 is 5.96 Å². The summed E-state index contributed by atoms with van der Waals surface area (Å²) in [5, 5.41) is 15.6. The van der Waals surface area contributed by atoms with E-state index >= 15 is 0 Å². The van der Waals surface area contributed by atoms with Crippen LogP contribution in [0.15, 0.2) is 4.99 Å². The monoisotopic (exact) mass is 367 g/mol. The molecule has 5 nitrogen and oxygen atoms in total. The highest BCUT2D eigenvalue weighted by Gasteiger charge is 2.31. The number of alkyl halides is 3. The highest BCUT2D eigenvalue weighted by molar-refractivity contribution is 5.79. The standard InChI is InChI=1S/C17H32F3N3O2/c1-2-21-15(22-10-6-12-25-14-17(18,19)20)23-13-16(9-11-24)7-4-3-5-8-16/h24H,2-14H2,1H3,(H2,21,22,23). The molecular formula is C17H32F3N3O2. The van der Waals surface area contributed by atoms with Crippen LogP contribution in [0.2, 0.25) is 0 Å². The van der Waals surface area contributed by atoms with E-state index in [4.69, 9.17) is 0 Å². The number of rotatable bonds is 10. The SMILES string of the molecule is CCNC(=NCC1(CCO)CCCCC1)NCCCOCC(F)(F)F. The van der Waals surface area contributed by atoms with Crippen molar-refractivity contribution in [3.05, 3.63) is 0 Å². The average molecular weight is 367 g/mol. The molecule has 0 saturated heterocycles. The van der Waals surface area contributed by atoms with E-state index in [9.17, 15) is 18.3 Å². The van der Waals surface area contributed by atoms with Crippen molar-refractivity contribution < 1.29 is 23.0 Å². The smallest absolute Gasteiger partial charge is 0.396 e. The van der Waals surface area contributed by atoms with Gasteiger partial charge in [-0.3, -0.25) is 4.99 Å². The van der Waals surface area contributed by atoms with Gasteiger partial charge >= 0.3 is 6.18 Å². The lowest BCUT2D eigenvalue weighted by atomic mass is 9.72. The summed E-state index contributed by atoms with van der Waals surface area (Å²) < 4.78 is 40.5. The van der Waals surface area contributed by atoms with Gasteiger partial charge in [-0.15, -0.1) is 0 Å². The van der Waals surface area contributed by atoms with E-state index in [1.54, 1.807) is 0 Å². The number of aliphatic hydroxyl groups excluding tert-OH is 1. The van der Waals surface area contributed by atoms with Gasteiger partial charge in [0, 0.05) is 32.8 Å². The van der Waals surface area contributed by atoms with Gasteiger partial charge in [0.25, 0.3) is 0 Å². The second-order valence-electron chi connectivity index (χ2n) is 6.68. The van der Waals surface area contributed by atoms with Crippen molar-refractivity contribution in [2.24, 2.45) is 10.4 Å². The number of halogens is 3. The van der Waals surface area contributed by atoms with E-state index < -0.39 is 12.8 Å². The fourth-order valence-corrected chi connectivity index (χ4v) is 3.18. The van der Waals surface area contributed by atoms with E-state index in [0.717, 1.165) is 19.3 Å². The maximum absolute atomic E-state index is 12.0. The molecule has 148 valence electrons. The molecule has 0 amide bonds. The summed E-state index contributed by atoms with van der Waals surface area (Å²) in [6, 6.07) is 0. The molecule has 8 heteroatoms. The third-order valence-electron chi connectivity index (χ3n) is 4.50. The van der Waals surface area contributed by atoms with E-state index in [1.165, 1.54) is 19.3 Å². The van der Waals surface area contributed by atoms with E-state index in [2.05, 4.69) is 20.4 Å².